The molecule has 5 nitrogen and oxygen atoms in total. The summed E-state index contributed by atoms with van der Waals surface area (Å²) in [5.74, 6) is -1.21. The van der Waals surface area contributed by atoms with E-state index in [1.165, 1.54) is 12.1 Å². The van der Waals surface area contributed by atoms with Gasteiger partial charge in [0.25, 0.3) is 0 Å². The van der Waals surface area contributed by atoms with Gasteiger partial charge >= 0.3 is 6.18 Å². The summed E-state index contributed by atoms with van der Waals surface area (Å²) in [7, 11) is 0. The number of guanidine groups is 1. The summed E-state index contributed by atoms with van der Waals surface area (Å²) in [6.07, 6.45) is -4.39. The Kier molecular flexibility index (Phi) is 5.02. The number of hydrogen-bond acceptors (Lipinski definition) is 6. The first-order valence-corrected chi connectivity index (χ1v) is 8.68. The molecule has 3 rings (SSSR count). The van der Waals surface area contributed by atoms with Crippen molar-refractivity contribution in [1.82, 2.24) is 10.9 Å². The zero-order valence-electron chi connectivity index (χ0n) is 12.9. The molecule has 2 aromatic carbocycles. The highest BCUT2D eigenvalue weighted by Gasteiger charge is 2.33. The summed E-state index contributed by atoms with van der Waals surface area (Å²) in [4.78, 5) is 5.08. The average Bonchev–Trinajstić information content (AvgIpc) is 2.91. The molecule has 6 N–H and O–H groups in total. The van der Waals surface area contributed by atoms with Crippen LogP contribution in [0.5, 0.6) is 0 Å². The summed E-state index contributed by atoms with van der Waals surface area (Å²) in [5.41, 5.74) is 16.7. The van der Waals surface area contributed by atoms with Crippen LogP contribution in [0, 0.1) is 0 Å². The molecule has 0 bridgehead atoms. The van der Waals surface area contributed by atoms with E-state index in [9.17, 15) is 13.2 Å². The molecule has 1 atom stereocenters. The second-order valence-corrected chi connectivity index (χ2v) is 7.30. The Morgan fingerprint density at radius 1 is 1.08 bits per heavy atom. The highest BCUT2D eigenvalue weighted by atomic mass is 35.5. The van der Waals surface area contributed by atoms with Crippen LogP contribution in [-0.4, -0.2) is 5.96 Å². The normalized spacial score (nSPS) is 20.0. The Balaban J connectivity index is 1.88. The van der Waals surface area contributed by atoms with E-state index in [-0.39, 0.29) is 16.0 Å². The van der Waals surface area contributed by atoms with E-state index in [2.05, 4.69) is 15.8 Å². The Morgan fingerprint density at radius 2 is 1.65 bits per heavy atom. The molecule has 0 amide bonds. The van der Waals surface area contributed by atoms with E-state index < -0.39 is 17.5 Å². The molecular weight excluding hydrogens is 410 g/mol. The smallest absolute Gasteiger partial charge is 0.369 e. The van der Waals surface area contributed by atoms with E-state index in [1.54, 1.807) is 12.1 Å². The minimum atomic E-state index is -4.39. The van der Waals surface area contributed by atoms with Gasteiger partial charge in [-0.25, -0.2) is 4.99 Å². The van der Waals surface area contributed by atoms with Gasteiger partial charge in [0.15, 0.2) is 0 Å². The summed E-state index contributed by atoms with van der Waals surface area (Å²) < 4.78 is 37.9. The number of aliphatic imine (C=N–C) groups is 1. The fourth-order valence-corrected chi connectivity index (χ4v) is 3.79. The zero-order valence-corrected chi connectivity index (χ0v) is 15.2. The highest BCUT2D eigenvalue weighted by Crippen LogP contribution is 2.41. The zero-order chi connectivity index (χ0) is 19.1. The van der Waals surface area contributed by atoms with Crippen LogP contribution in [-0.2, 0) is 12.0 Å². The van der Waals surface area contributed by atoms with Crippen LogP contribution >= 0.6 is 35.0 Å². The second kappa shape index (κ2) is 6.82. The van der Waals surface area contributed by atoms with Crippen molar-refractivity contribution in [1.29, 1.82) is 0 Å². The lowest BCUT2D eigenvalue weighted by atomic mass is 10.1. The lowest BCUT2D eigenvalue weighted by Gasteiger charge is -2.22. The van der Waals surface area contributed by atoms with Crippen LogP contribution in [0.3, 0.4) is 0 Å². The van der Waals surface area contributed by atoms with Crippen molar-refractivity contribution >= 4 is 40.9 Å². The van der Waals surface area contributed by atoms with Crippen LogP contribution in [0.1, 0.15) is 11.1 Å². The Hall–Kier alpha value is -1.65. The minimum Gasteiger partial charge on any atom is -0.369 e. The van der Waals surface area contributed by atoms with Gasteiger partial charge in [0.05, 0.1) is 15.6 Å². The number of halogens is 5. The summed E-state index contributed by atoms with van der Waals surface area (Å²) >= 11 is 13.7. The monoisotopic (exact) mass is 421 g/mol. The van der Waals surface area contributed by atoms with Crippen molar-refractivity contribution in [2.75, 3.05) is 0 Å². The van der Waals surface area contributed by atoms with E-state index in [0.717, 1.165) is 23.9 Å². The Bertz CT molecular complexity index is 850. The first-order valence-electron chi connectivity index (χ1n) is 7.10. The molecule has 11 heteroatoms. The van der Waals surface area contributed by atoms with Crippen molar-refractivity contribution in [2.24, 2.45) is 16.5 Å². The number of nitrogens with two attached hydrogens (primary N) is 2. The molecule has 1 aliphatic rings. The minimum absolute atomic E-state index is 0.114. The van der Waals surface area contributed by atoms with Crippen molar-refractivity contribution in [3.05, 3.63) is 57.6 Å². The van der Waals surface area contributed by atoms with Crippen molar-refractivity contribution in [2.45, 2.75) is 21.8 Å². The quantitative estimate of drug-likeness (QED) is 0.607. The predicted octanol–water partition coefficient (Wildman–Crippen LogP) is 3.65. The van der Waals surface area contributed by atoms with Gasteiger partial charge in [-0.1, -0.05) is 35.0 Å². The number of nitrogens with one attached hydrogen (secondary N) is 2. The average molecular weight is 422 g/mol. The number of rotatable bonds is 3. The Morgan fingerprint density at radius 3 is 2.12 bits per heavy atom. The molecule has 0 fully saturated rings. The van der Waals surface area contributed by atoms with Crippen molar-refractivity contribution in [3.8, 4) is 0 Å². The topological polar surface area (TPSA) is 88.5 Å². The van der Waals surface area contributed by atoms with Gasteiger partial charge in [-0.2, -0.15) is 18.6 Å². The fraction of sp³-hybridized carbons (Fsp3) is 0.133. The fourth-order valence-electron chi connectivity index (χ4n) is 2.25. The van der Waals surface area contributed by atoms with Crippen molar-refractivity contribution in [3.63, 3.8) is 0 Å². The highest BCUT2D eigenvalue weighted by molar-refractivity contribution is 7.99. The molecule has 1 unspecified atom stereocenters. The molecule has 26 heavy (non-hydrogen) atoms. The van der Waals surface area contributed by atoms with Crippen LogP contribution in [0.15, 0.2) is 51.2 Å². The molecule has 0 aliphatic carbocycles. The van der Waals surface area contributed by atoms with E-state index >= 15 is 0 Å². The predicted molar refractivity (Wildman–Crippen MR) is 95.8 cm³/mol. The maximum atomic E-state index is 12.6. The van der Waals surface area contributed by atoms with Gasteiger partial charge < -0.3 is 5.73 Å². The Labute approximate surface area is 160 Å². The van der Waals surface area contributed by atoms with Crippen LogP contribution in [0.2, 0.25) is 10.0 Å². The first-order chi connectivity index (χ1) is 12.1. The maximum Gasteiger partial charge on any atom is 0.416 e. The van der Waals surface area contributed by atoms with Gasteiger partial charge in [0.1, 0.15) is 0 Å². The number of benzene rings is 2. The standard InChI is InChI=1S/C15H12Cl2F3N5S/c16-10-5-8(15(22)23-13(21)24-25-15)6-11(17)12(10)26-9-3-1-7(2-4-9)14(18,19)20/h1-6,25H,22H2,(H3,21,23,24). The lowest BCUT2D eigenvalue weighted by Crippen LogP contribution is -2.50. The molecule has 1 heterocycles. The van der Waals surface area contributed by atoms with Gasteiger partial charge in [-0.05, 0) is 36.4 Å². The molecule has 0 saturated heterocycles. The molecule has 2 aromatic rings. The molecule has 0 radical (unpaired) electrons. The number of alkyl halides is 3. The van der Waals surface area contributed by atoms with Crippen LogP contribution < -0.4 is 22.3 Å². The van der Waals surface area contributed by atoms with Crippen molar-refractivity contribution < 1.29 is 13.2 Å². The summed E-state index contributed by atoms with van der Waals surface area (Å²) in [5, 5.41) is 0.564. The number of hydrazine groups is 1. The van der Waals surface area contributed by atoms with E-state index in [0.29, 0.717) is 15.4 Å². The molecule has 0 aromatic heterocycles. The second-order valence-electron chi connectivity index (χ2n) is 5.41. The maximum absolute atomic E-state index is 12.6. The largest absolute Gasteiger partial charge is 0.416 e. The summed E-state index contributed by atoms with van der Waals surface area (Å²) in [6, 6.07) is 7.84. The third kappa shape index (κ3) is 3.86. The molecule has 0 saturated carbocycles. The molecule has 0 spiro atoms. The van der Waals surface area contributed by atoms with E-state index in [4.69, 9.17) is 34.7 Å². The number of nitrogens with zero attached hydrogens (tertiary/aromatic N) is 1. The van der Waals surface area contributed by atoms with Gasteiger partial charge in [0.2, 0.25) is 11.7 Å². The van der Waals surface area contributed by atoms with Gasteiger partial charge in [-0.3, -0.25) is 11.2 Å². The molecule has 138 valence electrons. The molecular formula is C15H12Cl2F3N5S. The number of hydrogen-bond donors (Lipinski definition) is 4. The van der Waals surface area contributed by atoms with Gasteiger partial charge in [-0.15, -0.1) is 0 Å². The lowest BCUT2D eigenvalue weighted by molar-refractivity contribution is -0.137. The van der Waals surface area contributed by atoms with Crippen LogP contribution in [0.25, 0.3) is 0 Å². The summed E-state index contributed by atoms with van der Waals surface area (Å²) in [6.45, 7) is 0. The van der Waals surface area contributed by atoms with Crippen LogP contribution in [0.4, 0.5) is 13.2 Å². The first kappa shape index (κ1) is 19.1. The third-order valence-corrected chi connectivity index (χ3v) is 5.49. The third-order valence-electron chi connectivity index (χ3n) is 3.52. The van der Waals surface area contributed by atoms with E-state index in [1.807, 2.05) is 0 Å². The van der Waals surface area contributed by atoms with Gasteiger partial charge in [0, 0.05) is 15.4 Å². The SMILES string of the molecule is NC1=NC(N)(c2cc(Cl)c(Sc3ccc(C(F)(F)F)cc3)c(Cl)c2)NN1. The molecule has 1 aliphatic heterocycles.